The lowest BCUT2D eigenvalue weighted by atomic mass is 10.0. The second kappa shape index (κ2) is 5.24. The van der Waals surface area contributed by atoms with Gasteiger partial charge in [0.1, 0.15) is 12.4 Å². The van der Waals surface area contributed by atoms with Crippen LogP contribution in [0.25, 0.3) is 11.1 Å². The second-order valence-corrected chi connectivity index (χ2v) is 4.71. The molecule has 0 aromatic heterocycles. The van der Waals surface area contributed by atoms with Gasteiger partial charge in [-0.2, -0.15) is 13.2 Å². The van der Waals surface area contributed by atoms with Crippen LogP contribution < -0.4 is 4.74 Å². The van der Waals surface area contributed by atoms with Gasteiger partial charge >= 0.3 is 6.18 Å². The van der Waals surface area contributed by atoms with Gasteiger partial charge in [-0.05, 0) is 35.4 Å². The van der Waals surface area contributed by atoms with Crippen LogP contribution in [0.15, 0.2) is 47.5 Å². The van der Waals surface area contributed by atoms with Gasteiger partial charge in [0.25, 0.3) is 0 Å². The van der Waals surface area contributed by atoms with Crippen molar-refractivity contribution in [1.29, 1.82) is 0 Å². The Bertz CT molecular complexity index is 675. The van der Waals surface area contributed by atoms with Gasteiger partial charge in [-0.1, -0.05) is 18.2 Å². The molecule has 0 saturated heterocycles. The van der Waals surface area contributed by atoms with Crippen molar-refractivity contribution < 1.29 is 17.9 Å². The van der Waals surface area contributed by atoms with Crippen LogP contribution in [0.1, 0.15) is 11.1 Å². The van der Waals surface area contributed by atoms with E-state index in [1.165, 1.54) is 12.1 Å². The Morgan fingerprint density at radius 1 is 0.952 bits per heavy atom. The van der Waals surface area contributed by atoms with E-state index < -0.39 is 11.7 Å². The summed E-state index contributed by atoms with van der Waals surface area (Å²) < 4.78 is 43.2. The van der Waals surface area contributed by atoms with Gasteiger partial charge < -0.3 is 4.74 Å². The average molecular weight is 291 g/mol. The molecule has 0 spiro atoms. The third kappa shape index (κ3) is 2.91. The highest BCUT2D eigenvalue weighted by Gasteiger charge is 2.29. The standard InChI is InChI=1S/C16H12F3NO/c17-16(18,19)14-4-1-11(2-5-14)12-3-6-15-13(9-12)10-20-7-8-21-15/h1-6,9-10H,7-8H2. The molecule has 0 aliphatic carbocycles. The first-order valence-electron chi connectivity index (χ1n) is 6.48. The number of aliphatic imine (C=N–C) groups is 1. The molecule has 1 heterocycles. The number of fused-ring (bicyclic) bond motifs is 1. The molecule has 2 aromatic carbocycles. The lowest BCUT2D eigenvalue weighted by Gasteiger charge is -2.10. The summed E-state index contributed by atoms with van der Waals surface area (Å²) >= 11 is 0. The second-order valence-electron chi connectivity index (χ2n) is 4.71. The van der Waals surface area contributed by atoms with Crippen LogP contribution in [0.2, 0.25) is 0 Å². The molecule has 1 aliphatic rings. The predicted molar refractivity (Wildman–Crippen MR) is 74.8 cm³/mol. The third-order valence-electron chi connectivity index (χ3n) is 3.26. The highest BCUT2D eigenvalue weighted by Crippen LogP contribution is 2.32. The largest absolute Gasteiger partial charge is 0.491 e. The molecule has 0 radical (unpaired) electrons. The van der Waals surface area contributed by atoms with Crippen molar-refractivity contribution >= 4 is 6.21 Å². The molecule has 3 rings (SSSR count). The predicted octanol–water partition coefficient (Wildman–Crippen LogP) is 4.18. The summed E-state index contributed by atoms with van der Waals surface area (Å²) in [5.74, 6) is 0.743. The van der Waals surface area contributed by atoms with E-state index in [-0.39, 0.29) is 0 Å². The van der Waals surface area contributed by atoms with E-state index in [2.05, 4.69) is 4.99 Å². The van der Waals surface area contributed by atoms with E-state index in [9.17, 15) is 13.2 Å². The van der Waals surface area contributed by atoms with Gasteiger partial charge in [0.2, 0.25) is 0 Å². The molecule has 1 aliphatic heterocycles. The summed E-state index contributed by atoms with van der Waals surface area (Å²) in [7, 11) is 0. The zero-order chi connectivity index (χ0) is 14.9. The van der Waals surface area contributed by atoms with Gasteiger partial charge in [0.15, 0.2) is 0 Å². The Morgan fingerprint density at radius 2 is 1.67 bits per heavy atom. The monoisotopic (exact) mass is 291 g/mol. The normalized spacial score (nSPS) is 14.2. The number of nitrogens with zero attached hydrogens (tertiary/aromatic N) is 1. The Balaban J connectivity index is 1.95. The van der Waals surface area contributed by atoms with Crippen LogP contribution in [-0.2, 0) is 6.18 Å². The summed E-state index contributed by atoms with van der Waals surface area (Å²) in [5.41, 5.74) is 1.75. The van der Waals surface area contributed by atoms with Gasteiger partial charge in [-0.3, -0.25) is 4.99 Å². The molecule has 0 fully saturated rings. The summed E-state index contributed by atoms with van der Waals surface area (Å²) in [5, 5.41) is 0. The molecule has 2 aromatic rings. The van der Waals surface area contributed by atoms with E-state index in [0.29, 0.717) is 13.2 Å². The van der Waals surface area contributed by atoms with Crippen molar-refractivity contribution in [2.75, 3.05) is 13.2 Å². The fourth-order valence-corrected chi connectivity index (χ4v) is 2.18. The van der Waals surface area contributed by atoms with Gasteiger partial charge in [-0.15, -0.1) is 0 Å². The maximum absolute atomic E-state index is 12.6. The molecule has 21 heavy (non-hydrogen) atoms. The third-order valence-corrected chi connectivity index (χ3v) is 3.26. The van der Waals surface area contributed by atoms with Crippen LogP contribution in [0.4, 0.5) is 13.2 Å². The van der Waals surface area contributed by atoms with E-state index in [1.807, 2.05) is 18.2 Å². The Hall–Kier alpha value is -2.30. The van der Waals surface area contributed by atoms with Crippen LogP contribution in [0, 0.1) is 0 Å². The number of hydrogen-bond donors (Lipinski definition) is 0. The molecule has 5 heteroatoms. The molecular formula is C16H12F3NO. The fraction of sp³-hybridized carbons (Fsp3) is 0.188. The van der Waals surface area contributed by atoms with E-state index >= 15 is 0 Å². The van der Waals surface area contributed by atoms with Gasteiger partial charge in [0.05, 0.1) is 12.1 Å². The SMILES string of the molecule is FC(F)(F)c1ccc(-c2ccc3c(c2)C=NCCO3)cc1. The van der Waals surface area contributed by atoms with E-state index in [0.717, 1.165) is 34.6 Å². The minimum atomic E-state index is -4.31. The summed E-state index contributed by atoms with van der Waals surface area (Å²) in [6.45, 7) is 1.13. The van der Waals surface area contributed by atoms with E-state index in [1.54, 1.807) is 6.21 Å². The molecular weight excluding hydrogens is 279 g/mol. The maximum Gasteiger partial charge on any atom is 0.416 e. The highest BCUT2D eigenvalue weighted by atomic mass is 19.4. The zero-order valence-corrected chi connectivity index (χ0v) is 11.0. The molecule has 0 unspecified atom stereocenters. The number of benzene rings is 2. The summed E-state index contributed by atoms with van der Waals surface area (Å²) in [6, 6.07) is 10.6. The van der Waals surface area contributed by atoms with Crippen molar-refractivity contribution in [3.63, 3.8) is 0 Å². The Morgan fingerprint density at radius 3 is 2.38 bits per heavy atom. The van der Waals surface area contributed by atoms with Crippen LogP contribution >= 0.6 is 0 Å². The van der Waals surface area contributed by atoms with Crippen LogP contribution in [0.3, 0.4) is 0 Å². The first-order chi connectivity index (χ1) is 10.0. The first kappa shape index (κ1) is 13.7. The molecule has 2 nitrogen and oxygen atoms in total. The molecule has 0 atom stereocenters. The average Bonchev–Trinajstić information content (AvgIpc) is 2.71. The minimum absolute atomic E-state index is 0.531. The quantitative estimate of drug-likeness (QED) is 0.772. The van der Waals surface area contributed by atoms with Crippen molar-refractivity contribution in [2.45, 2.75) is 6.18 Å². The number of halogens is 3. The fourth-order valence-electron chi connectivity index (χ4n) is 2.18. The number of ether oxygens (including phenoxy) is 1. The molecule has 0 N–H and O–H groups in total. The van der Waals surface area contributed by atoms with Crippen molar-refractivity contribution in [2.24, 2.45) is 4.99 Å². The topological polar surface area (TPSA) is 21.6 Å². The van der Waals surface area contributed by atoms with Crippen molar-refractivity contribution in [3.8, 4) is 16.9 Å². The molecule has 0 amide bonds. The lowest BCUT2D eigenvalue weighted by Crippen LogP contribution is -2.04. The van der Waals surface area contributed by atoms with Crippen molar-refractivity contribution in [1.82, 2.24) is 0 Å². The zero-order valence-electron chi connectivity index (χ0n) is 11.0. The van der Waals surface area contributed by atoms with Gasteiger partial charge in [-0.25, -0.2) is 0 Å². The number of alkyl halides is 3. The minimum Gasteiger partial charge on any atom is -0.491 e. The lowest BCUT2D eigenvalue weighted by molar-refractivity contribution is -0.137. The first-order valence-corrected chi connectivity index (χ1v) is 6.48. The van der Waals surface area contributed by atoms with Crippen LogP contribution in [0.5, 0.6) is 5.75 Å². The smallest absolute Gasteiger partial charge is 0.416 e. The summed E-state index contributed by atoms with van der Waals surface area (Å²) in [4.78, 5) is 4.19. The maximum atomic E-state index is 12.6. The van der Waals surface area contributed by atoms with Gasteiger partial charge in [0, 0.05) is 11.8 Å². The van der Waals surface area contributed by atoms with Crippen LogP contribution in [-0.4, -0.2) is 19.4 Å². The molecule has 0 bridgehead atoms. The number of hydrogen-bond acceptors (Lipinski definition) is 2. The van der Waals surface area contributed by atoms with Crippen molar-refractivity contribution in [3.05, 3.63) is 53.6 Å². The van der Waals surface area contributed by atoms with E-state index in [4.69, 9.17) is 4.74 Å². The molecule has 0 saturated carbocycles. The summed E-state index contributed by atoms with van der Waals surface area (Å²) in [6.07, 6.45) is -2.58. The Labute approximate surface area is 119 Å². The number of rotatable bonds is 1. The molecule has 108 valence electrons. The Kier molecular flexibility index (Phi) is 3.41. The highest BCUT2D eigenvalue weighted by molar-refractivity contribution is 5.86.